The first-order valence-corrected chi connectivity index (χ1v) is 27.1. The largest absolute Gasteiger partial charge is 0.504 e. The van der Waals surface area contributed by atoms with Crippen LogP contribution in [0, 0.1) is 13.8 Å². The molecule has 0 radical (unpaired) electrons. The number of carbonyl (C=O) groups is 2. The highest BCUT2D eigenvalue weighted by Gasteiger charge is 2.35. The van der Waals surface area contributed by atoms with Gasteiger partial charge < -0.3 is 57.3 Å². The van der Waals surface area contributed by atoms with Crippen LogP contribution in [0.3, 0.4) is 0 Å². The molecule has 2 N–H and O–H groups in total. The highest BCUT2D eigenvalue weighted by atomic mass is 32.2. The van der Waals surface area contributed by atoms with E-state index in [1.165, 1.54) is 6.07 Å². The second-order valence-electron chi connectivity index (χ2n) is 18.7. The van der Waals surface area contributed by atoms with Gasteiger partial charge >= 0.3 is 11.6 Å². The number of esters is 1. The lowest BCUT2D eigenvalue weighted by atomic mass is 10.1. The number of para-hydroxylation sites is 1. The van der Waals surface area contributed by atoms with Gasteiger partial charge in [-0.05, 0) is 81.8 Å². The van der Waals surface area contributed by atoms with Gasteiger partial charge in [-0.1, -0.05) is 41.2 Å². The highest BCUT2D eigenvalue weighted by molar-refractivity contribution is 8.08. The van der Waals surface area contributed by atoms with E-state index in [0.29, 0.717) is 116 Å². The van der Waals surface area contributed by atoms with Gasteiger partial charge in [0.2, 0.25) is 5.78 Å². The number of Topliss-reactive ketones (excluding diaryl/α,β-unsaturated/α-hetero) is 1. The summed E-state index contributed by atoms with van der Waals surface area (Å²) in [5, 5.41) is 23.4. The molecule has 0 unspecified atom stereocenters. The zero-order chi connectivity index (χ0) is 55.1. The van der Waals surface area contributed by atoms with E-state index in [0.717, 1.165) is 66.1 Å². The van der Waals surface area contributed by atoms with Crippen LogP contribution in [-0.2, 0) is 51.2 Å². The van der Waals surface area contributed by atoms with Crippen molar-refractivity contribution in [1.29, 1.82) is 0 Å². The van der Waals surface area contributed by atoms with Gasteiger partial charge in [0.15, 0.2) is 17.1 Å². The zero-order valence-electron chi connectivity index (χ0n) is 44.8. The SMILES string of the molecule is CCOC(=O)C1=C(Nc2ccccc2)S/C(=C\c2ccc(OCCOCCn3cc(COCCOCCOCCOCCN4CCN(c5ccc6cc(-c7cn8cc(C)nc(C)c8n7)c(=O)oc6c5)C[C@H]4C)nn3)c(O)c2)C1=O. The maximum absolute atomic E-state index is 13.3. The van der Waals surface area contributed by atoms with Gasteiger partial charge in [0.05, 0.1) is 118 Å². The summed E-state index contributed by atoms with van der Waals surface area (Å²) < 4.78 is 48.9. The summed E-state index contributed by atoms with van der Waals surface area (Å²) in [6.45, 7) is 16.2. The Hall–Kier alpha value is -7.44. The van der Waals surface area contributed by atoms with Crippen LogP contribution >= 0.6 is 11.8 Å². The number of ether oxygens (including phenoxy) is 7. The van der Waals surface area contributed by atoms with E-state index in [1.807, 2.05) is 79.2 Å². The van der Waals surface area contributed by atoms with Gasteiger partial charge in [-0.25, -0.2) is 19.3 Å². The van der Waals surface area contributed by atoms with Gasteiger partial charge in [-0.2, -0.15) is 0 Å². The van der Waals surface area contributed by atoms with Crippen LogP contribution in [-0.4, -0.2) is 156 Å². The third-order valence-electron chi connectivity index (χ3n) is 13.0. The van der Waals surface area contributed by atoms with Crippen molar-refractivity contribution >= 4 is 57.6 Å². The third-order valence-corrected chi connectivity index (χ3v) is 14.0. The Labute approximate surface area is 461 Å². The van der Waals surface area contributed by atoms with Crippen molar-refractivity contribution in [2.75, 3.05) is 109 Å². The van der Waals surface area contributed by atoms with Crippen LogP contribution in [0.2, 0.25) is 0 Å². The maximum Gasteiger partial charge on any atom is 0.345 e. The van der Waals surface area contributed by atoms with E-state index in [1.54, 1.807) is 36.0 Å². The van der Waals surface area contributed by atoms with Gasteiger partial charge in [-0.3, -0.25) is 14.7 Å². The fraction of sp³-hybridized carbons (Fsp3) is 0.386. The Kier molecular flexibility index (Phi) is 19.5. The molecule has 9 rings (SSSR count). The van der Waals surface area contributed by atoms with Crippen molar-refractivity contribution in [3.8, 4) is 22.8 Å². The Balaban J connectivity index is 0.575. The molecular formula is C57H65N9O12S. The number of aromatic hydroxyl groups is 1. The Bertz CT molecular complexity index is 3340. The molecule has 79 heavy (non-hydrogen) atoms. The number of aryl methyl sites for hydroxylation is 2. The smallest absolute Gasteiger partial charge is 0.345 e. The average Bonchev–Trinajstić information content (AvgIpc) is 4.18. The summed E-state index contributed by atoms with van der Waals surface area (Å²) in [4.78, 5) is 53.4. The summed E-state index contributed by atoms with van der Waals surface area (Å²) in [6.07, 6.45) is 7.15. The van der Waals surface area contributed by atoms with Crippen molar-refractivity contribution in [2.24, 2.45) is 0 Å². The first-order chi connectivity index (χ1) is 38.5. The minimum Gasteiger partial charge on any atom is -0.504 e. The van der Waals surface area contributed by atoms with Crippen molar-refractivity contribution in [3.05, 3.63) is 140 Å². The summed E-state index contributed by atoms with van der Waals surface area (Å²) in [5.74, 6) is -1.00. The molecule has 1 saturated heterocycles. The van der Waals surface area contributed by atoms with Crippen molar-refractivity contribution in [3.63, 3.8) is 0 Å². The normalized spacial score (nSPS) is 15.5. The molecule has 2 aliphatic heterocycles. The third kappa shape index (κ3) is 15.0. The topological polar surface area (TPSA) is 229 Å². The molecule has 1 atom stereocenters. The van der Waals surface area contributed by atoms with Crippen LogP contribution in [0.5, 0.6) is 11.5 Å². The average molecular weight is 1100 g/mol. The monoisotopic (exact) mass is 1100 g/mol. The Morgan fingerprint density at radius 1 is 0.835 bits per heavy atom. The maximum atomic E-state index is 13.3. The van der Waals surface area contributed by atoms with Gasteiger partial charge in [0, 0.05) is 67.4 Å². The number of nitrogens with zero attached hydrogens (tertiary/aromatic N) is 8. The number of hydrogen-bond donors (Lipinski definition) is 2. The van der Waals surface area contributed by atoms with E-state index in [4.69, 9.17) is 37.6 Å². The molecule has 2 aliphatic rings. The predicted octanol–water partition coefficient (Wildman–Crippen LogP) is 6.83. The molecular weight excluding hydrogens is 1030 g/mol. The molecule has 0 bridgehead atoms. The lowest BCUT2D eigenvalue weighted by Crippen LogP contribution is -2.52. The number of phenolic OH excluding ortho intramolecular Hbond substituents is 1. The summed E-state index contributed by atoms with van der Waals surface area (Å²) in [7, 11) is 0. The van der Waals surface area contributed by atoms with Gasteiger partial charge in [-0.15, -0.1) is 5.10 Å². The Morgan fingerprint density at radius 3 is 2.34 bits per heavy atom. The number of ketones is 1. The predicted molar refractivity (Wildman–Crippen MR) is 298 cm³/mol. The van der Waals surface area contributed by atoms with Crippen LogP contribution in [0.1, 0.15) is 36.5 Å². The number of hydrogen-bond acceptors (Lipinski definition) is 20. The molecule has 416 valence electrons. The van der Waals surface area contributed by atoms with Crippen LogP contribution in [0.15, 0.2) is 116 Å². The lowest BCUT2D eigenvalue weighted by Gasteiger charge is -2.41. The lowest BCUT2D eigenvalue weighted by molar-refractivity contribution is -0.139. The number of allylic oxidation sites excluding steroid dienone is 1. The molecule has 4 aromatic heterocycles. The van der Waals surface area contributed by atoms with Crippen LogP contribution in [0.4, 0.5) is 11.4 Å². The number of imidazole rings is 1. The first kappa shape index (κ1) is 56.3. The zero-order valence-corrected chi connectivity index (χ0v) is 45.6. The fourth-order valence-corrected chi connectivity index (χ4v) is 10.1. The number of carbonyl (C=O) groups excluding carboxylic acids is 2. The molecule has 0 spiro atoms. The van der Waals surface area contributed by atoms with Crippen molar-refractivity contribution in [1.82, 2.24) is 34.3 Å². The first-order valence-electron chi connectivity index (χ1n) is 26.3. The highest BCUT2D eigenvalue weighted by Crippen LogP contribution is 2.41. The van der Waals surface area contributed by atoms with E-state index in [-0.39, 0.29) is 36.9 Å². The van der Waals surface area contributed by atoms with Crippen molar-refractivity contribution < 1.29 is 52.3 Å². The molecule has 0 aliphatic carbocycles. The second kappa shape index (κ2) is 27.4. The summed E-state index contributed by atoms with van der Waals surface area (Å²) >= 11 is 1.13. The molecule has 6 heterocycles. The molecule has 0 amide bonds. The standard InChI is InChI=1S/C57H65N9O12S/c1-5-76-57(70)52-53(68)51(79-55(52)59-43-9-7-6-8-10-43)30-41-11-14-49(48(67)29-41)77-28-27-72-20-18-66-35-44(61-62-66)37-75-26-25-74-24-23-73-22-21-71-19-17-63-15-16-64(34-39(63)3)45-13-12-42-31-46(56(69)78-50(42)32-45)47-36-65-33-38(2)58-40(4)54(65)60-47/h6-14,29-33,35-36,39,59,67H,5,15-28,34,37H2,1-4H3/b51-30-/t39-/m1/s1. The minimum atomic E-state index is -0.700. The molecule has 21 nitrogen and oxygen atoms in total. The number of thioether (sulfide) groups is 1. The summed E-state index contributed by atoms with van der Waals surface area (Å²) in [5.41, 5.74) is 6.42. The number of anilines is 2. The number of nitrogens with one attached hydrogen (secondary N) is 1. The molecule has 0 saturated carbocycles. The number of aromatic nitrogens is 6. The van der Waals surface area contributed by atoms with E-state index in [2.05, 4.69) is 48.4 Å². The molecule has 22 heteroatoms. The fourth-order valence-electron chi connectivity index (χ4n) is 9.03. The Morgan fingerprint density at radius 2 is 1.58 bits per heavy atom. The number of piperazine rings is 1. The van der Waals surface area contributed by atoms with E-state index < -0.39 is 17.4 Å². The van der Waals surface area contributed by atoms with Crippen LogP contribution < -0.4 is 20.6 Å². The van der Waals surface area contributed by atoms with Crippen molar-refractivity contribution in [2.45, 2.75) is 46.9 Å². The second-order valence-corrected chi connectivity index (χ2v) is 19.8. The molecule has 3 aromatic carbocycles. The van der Waals surface area contributed by atoms with Gasteiger partial charge in [0.25, 0.3) is 0 Å². The number of benzene rings is 3. The molecule has 1 fully saturated rings. The van der Waals surface area contributed by atoms with Crippen LogP contribution in [0.25, 0.3) is 33.9 Å². The van der Waals surface area contributed by atoms with E-state index >= 15 is 0 Å². The summed E-state index contributed by atoms with van der Waals surface area (Å²) in [6, 6.07) is 22.2. The minimum absolute atomic E-state index is 0.0646. The number of phenols is 1. The number of rotatable bonds is 28. The van der Waals surface area contributed by atoms with E-state index in [9.17, 15) is 19.5 Å². The number of fused-ring (bicyclic) bond motifs is 2. The quantitative estimate of drug-likeness (QED) is 0.0168. The van der Waals surface area contributed by atoms with Gasteiger partial charge in [0.1, 0.15) is 23.5 Å². The molecule has 7 aromatic rings.